The lowest BCUT2D eigenvalue weighted by atomic mass is 10.2. The number of anilines is 2. The molecule has 0 bridgehead atoms. The van der Waals surface area contributed by atoms with E-state index in [2.05, 4.69) is 25.0 Å². The van der Waals surface area contributed by atoms with Crippen LogP contribution in [-0.2, 0) is 17.1 Å². The summed E-state index contributed by atoms with van der Waals surface area (Å²) in [6.07, 6.45) is 7.45. The second-order valence-corrected chi connectivity index (χ2v) is 8.76. The molecule has 0 spiro atoms. The number of benzene rings is 1. The molecule has 0 radical (unpaired) electrons. The molecule has 2 N–H and O–H groups in total. The lowest BCUT2D eigenvalue weighted by Gasteiger charge is -2.09. The van der Waals surface area contributed by atoms with Crippen molar-refractivity contribution < 1.29 is 8.42 Å². The van der Waals surface area contributed by atoms with Gasteiger partial charge in [0.25, 0.3) is 0 Å². The summed E-state index contributed by atoms with van der Waals surface area (Å²) in [4.78, 5) is 13.2. The zero-order chi connectivity index (χ0) is 19.7. The zero-order valence-electron chi connectivity index (χ0n) is 15.8. The van der Waals surface area contributed by atoms with Gasteiger partial charge in [0.05, 0.1) is 16.8 Å². The molecule has 4 rings (SSSR count). The van der Waals surface area contributed by atoms with Crippen molar-refractivity contribution in [2.75, 3.05) is 11.9 Å². The number of imidazole rings is 1. The van der Waals surface area contributed by atoms with E-state index in [1.54, 1.807) is 42.9 Å². The number of hydrogen-bond acceptors (Lipinski definition) is 6. The molecule has 0 unspecified atom stereocenters. The highest BCUT2D eigenvalue weighted by atomic mass is 32.2. The monoisotopic (exact) mass is 398 g/mol. The molecular formula is C19H22N6O2S. The Labute approximate surface area is 164 Å². The van der Waals surface area contributed by atoms with Crippen molar-refractivity contribution in [2.45, 2.75) is 24.7 Å². The van der Waals surface area contributed by atoms with E-state index in [9.17, 15) is 8.42 Å². The molecule has 1 aliphatic rings. The van der Waals surface area contributed by atoms with E-state index in [1.807, 2.05) is 18.5 Å². The maximum absolute atomic E-state index is 12.3. The minimum Gasteiger partial charge on any atom is -0.331 e. The molecule has 1 fully saturated rings. The van der Waals surface area contributed by atoms with Crippen molar-refractivity contribution in [1.82, 2.24) is 24.2 Å². The van der Waals surface area contributed by atoms with E-state index in [1.165, 1.54) is 0 Å². The van der Waals surface area contributed by atoms with Gasteiger partial charge in [-0.1, -0.05) is 0 Å². The Bertz CT molecular complexity index is 1070. The predicted molar refractivity (Wildman–Crippen MR) is 107 cm³/mol. The van der Waals surface area contributed by atoms with Gasteiger partial charge in [-0.15, -0.1) is 0 Å². The summed E-state index contributed by atoms with van der Waals surface area (Å²) in [5.74, 6) is 1.84. The van der Waals surface area contributed by atoms with Gasteiger partial charge < -0.3 is 9.88 Å². The molecule has 28 heavy (non-hydrogen) atoms. The van der Waals surface area contributed by atoms with E-state index in [0.717, 1.165) is 29.9 Å². The molecule has 2 heterocycles. The van der Waals surface area contributed by atoms with Gasteiger partial charge in [0, 0.05) is 37.2 Å². The molecule has 9 heteroatoms. The van der Waals surface area contributed by atoms with Crippen LogP contribution < -0.4 is 10.0 Å². The number of aryl methyl sites for hydroxylation is 1. The van der Waals surface area contributed by atoms with Crippen LogP contribution in [0, 0.1) is 12.8 Å². The van der Waals surface area contributed by atoms with Crippen LogP contribution in [0.4, 0.5) is 11.6 Å². The highest BCUT2D eigenvalue weighted by Crippen LogP contribution is 2.28. The molecule has 0 saturated heterocycles. The van der Waals surface area contributed by atoms with Gasteiger partial charge >= 0.3 is 0 Å². The summed E-state index contributed by atoms with van der Waals surface area (Å²) in [5, 5.41) is 3.08. The van der Waals surface area contributed by atoms with Crippen molar-refractivity contribution in [2.24, 2.45) is 13.0 Å². The topological polar surface area (TPSA) is 102 Å². The number of sulfonamides is 1. The van der Waals surface area contributed by atoms with Gasteiger partial charge in [0.15, 0.2) is 0 Å². The van der Waals surface area contributed by atoms with Gasteiger partial charge in [-0.05, 0) is 49.9 Å². The number of hydrogen-bond donors (Lipinski definition) is 2. The minimum absolute atomic E-state index is 0.251. The number of nitrogens with zero attached hydrogens (tertiary/aromatic N) is 4. The first-order valence-electron chi connectivity index (χ1n) is 9.10. The Morgan fingerprint density at radius 2 is 1.75 bits per heavy atom. The van der Waals surface area contributed by atoms with Gasteiger partial charge in [-0.3, -0.25) is 0 Å². The molecule has 0 atom stereocenters. The molecule has 0 aliphatic heterocycles. The van der Waals surface area contributed by atoms with Crippen molar-refractivity contribution in [3.05, 3.63) is 48.7 Å². The Balaban J connectivity index is 1.43. The van der Waals surface area contributed by atoms with Crippen LogP contribution in [0.5, 0.6) is 0 Å². The maximum Gasteiger partial charge on any atom is 0.240 e. The summed E-state index contributed by atoms with van der Waals surface area (Å²) in [6, 6.07) is 6.55. The Morgan fingerprint density at radius 3 is 2.32 bits per heavy atom. The smallest absolute Gasteiger partial charge is 0.240 e. The summed E-state index contributed by atoms with van der Waals surface area (Å²) in [5.41, 5.74) is 2.53. The van der Waals surface area contributed by atoms with Gasteiger partial charge in [0.1, 0.15) is 5.82 Å². The van der Waals surface area contributed by atoms with Crippen molar-refractivity contribution >= 4 is 21.7 Å². The van der Waals surface area contributed by atoms with E-state index in [4.69, 9.17) is 0 Å². The summed E-state index contributed by atoms with van der Waals surface area (Å²) in [6.45, 7) is 2.45. The van der Waals surface area contributed by atoms with E-state index in [0.29, 0.717) is 24.1 Å². The third kappa shape index (κ3) is 4.05. The van der Waals surface area contributed by atoms with E-state index >= 15 is 0 Å². The molecule has 3 aromatic rings. The first-order chi connectivity index (χ1) is 13.4. The van der Waals surface area contributed by atoms with Crippen LogP contribution in [-0.4, -0.2) is 34.5 Å². The molecule has 0 amide bonds. The number of aromatic nitrogens is 4. The lowest BCUT2D eigenvalue weighted by molar-refractivity contribution is 0.577. The highest BCUT2D eigenvalue weighted by molar-refractivity contribution is 7.89. The maximum atomic E-state index is 12.3. The van der Waals surface area contributed by atoms with Crippen molar-refractivity contribution in [3.8, 4) is 11.3 Å². The fourth-order valence-electron chi connectivity index (χ4n) is 2.77. The molecule has 146 valence electrons. The van der Waals surface area contributed by atoms with Gasteiger partial charge in [-0.2, -0.15) is 0 Å². The number of rotatable bonds is 7. The molecular weight excluding hydrogens is 376 g/mol. The van der Waals surface area contributed by atoms with Crippen molar-refractivity contribution in [1.29, 1.82) is 0 Å². The third-order valence-electron chi connectivity index (χ3n) is 4.85. The average molecular weight is 398 g/mol. The fraction of sp³-hybridized carbons (Fsp3) is 0.316. The standard InChI is InChI=1S/C19H22N6O2S/c1-13-20-12-18(25(13)2)15-10-21-19(22-11-15)24-16-5-7-17(8-6-16)28(26,27)23-9-14-3-4-14/h5-8,10-12,14,23H,3-4,9H2,1-2H3,(H,21,22,24). The minimum atomic E-state index is -3.46. The average Bonchev–Trinajstić information content (AvgIpc) is 3.47. The molecule has 1 aliphatic carbocycles. The Morgan fingerprint density at radius 1 is 1.07 bits per heavy atom. The van der Waals surface area contributed by atoms with Crippen LogP contribution in [0.1, 0.15) is 18.7 Å². The SMILES string of the molecule is Cc1ncc(-c2cnc(Nc3ccc(S(=O)(=O)NCC4CC4)cc3)nc2)n1C. The summed E-state index contributed by atoms with van der Waals surface area (Å²) in [7, 11) is -1.52. The van der Waals surface area contributed by atoms with Crippen molar-refractivity contribution in [3.63, 3.8) is 0 Å². The van der Waals surface area contributed by atoms with E-state index < -0.39 is 10.0 Å². The lowest BCUT2D eigenvalue weighted by Crippen LogP contribution is -2.25. The van der Waals surface area contributed by atoms with Crippen LogP contribution in [0.25, 0.3) is 11.3 Å². The first kappa shape index (κ1) is 18.6. The van der Waals surface area contributed by atoms with Gasteiger partial charge in [0.2, 0.25) is 16.0 Å². The number of nitrogens with one attached hydrogen (secondary N) is 2. The molecule has 1 saturated carbocycles. The summed E-state index contributed by atoms with van der Waals surface area (Å²) >= 11 is 0. The van der Waals surface area contributed by atoms with Crippen LogP contribution in [0.2, 0.25) is 0 Å². The molecule has 8 nitrogen and oxygen atoms in total. The Kier molecular flexibility index (Phi) is 4.86. The van der Waals surface area contributed by atoms with Crippen LogP contribution in [0.15, 0.2) is 47.8 Å². The predicted octanol–water partition coefficient (Wildman–Crippen LogP) is 2.62. The highest BCUT2D eigenvalue weighted by Gasteiger charge is 2.24. The summed E-state index contributed by atoms with van der Waals surface area (Å²) < 4.78 is 29.2. The van der Waals surface area contributed by atoms with Crippen LogP contribution >= 0.6 is 0 Å². The van der Waals surface area contributed by atoms with E-state index in [-0.39, 0.29) is 4.90 Å². The zero-order valence-corrected chi connectivity index (χ0v) is 16.6. The second kappa shape index (κ2) is 7.33. The fourth-order valence-corrected chi connectivity index (χ4v) is 3.89. The second-order valence-electron chi connectivity index (χ2n) is 6.99. The third-order valence-corrected chi connectivity index (χ3v) is 6.29. The van der Waals surface area contributed by atoms with Crippen LogP contribution in [0.3, 0.4) is 0 Å². The first-order valence-corrected chi connectivity index (χ1v) is 10.6. The Hall–Kier alpha value is -2.78. The quantitative estimate of drug-likeness (QED) is 0.634. The van der Waals surface area contributed by atoms with Gasteiger partial charge in [-0.25, -0.2) is 28.1 Å². The molecule has 1 aromatic carbocycles. The largest absolute Gasteiger partial charge is 0.331 e. The molecule has 2 aromatic heterocycles. The normalized spacial score (nSPS) is 14.2.